The van der Waals surface area contributed by atoms with E-state index in [2.05, 4.69) is 15.3 Å². The van der Waals surface area contributed by atoms with Crippen molar-refractivity contribution in [3.05, 3.63) is 87.1 Å². The summed E-state index contributed by atoms with van der Waals surface area (Å²) < 4.78 is 5.28. The number of H-pyrrole nitrogens is 1. The van der Waals surface area contributed by atoms with E-state index in [1.165, 1.54) is 0 Å². The molecule has 0 saturated heterocycles. The molecule has 0 spiro atoms. The zero-order valence-corrected chi connectivity index (χ0v) is 17.1. The molecule has 0 saturated carbocycles. The van der Waals surface area contributed by atoms with Gasteiger partial charge in [0, 0.05) is 19.4 Å². The van der Waals surface area contributed by atoms with Crippen molar-refractivity contribution < 1.29 is 9.53 Å². The molecule has 0 radical (unpaired) electrons. The van der Waals surface area contributed by atoms with Crippen LogP contribution in [0, 0.1) is 6.92 Å². The van der Waals surface area contributed by atoms with Crippen molar-refractivity contribution in [3.63, 3.8) is 0 Å². The number of fused-ring (bicyclic) bond motifs is 1. The second-order valence-corrected chi connectivity index (χ2v) is 7.34. The van der Waals surface area contributed by atoms with Crippen molar-refractivity contribution in [2.75, 3.05) is 19.0 Å². The third-order valence-electron chi connectivity index (χ3n) is 5.37. The summed E-state index contributed by atoms with van der Waals surface area (Å²) in [5, 5.41) is 2.86. The van der Waals surface area contributed by atoms with Gasteiger partial charge in [0.05, 0.1) is 30.6 Å². The topological polar surface area (TPSA) is 87.3 Å². The van der Waals surface area contributed by atoms with Crippen molar-refractivity contribution in [2.45, 2.75) is 26.3 Å². The number of anilines is 1. The molecule has 30 heavy (non-hydrogen) atoms. The molecule has 0 unspecified atom stereocenters. The quantitative estimate of drug-likeness (QED) is 0.699. The lowest BCUT2D eigenvalue weighted by atomic mass is 10.0. The van der Waals surface area contributed by atoms with Crippen LogP contribution in [0.25, 0.3) is 0 Å². The fourth-order valence-corrected chi connectivity index (χ4v) is 3.66. The van der Waals surface area contributed by atoms with E-state index in [0.29, 0.717) is 42.2 Å². The molecule has 7 nitrogen and oxygen atoms in total. The van der Waals surface area contributed by atoms with Crippen LogP contribution in [0.2, 0.25) is 0 Å². The molecule has 2 N–H and O–H groups in total. The Morgan fingerprint density at radius 1 is 1.20 bits per heavy atom. The third kappa shape index (κ3) is 4.05. The highest BCUT2D eigenvalue weighted by Gasteiger charge is 2.25. The standard InChI is InChI=1S/C23H24N4O3/c1-15-7-3-4-8-16(15)13-21-24-18-11-12-27(14-17(18)22(28)26-21)23(29)25-19-9-5-6-10-20(19)30-2/h3-10H,11-14H2,1-2H3,(H,25,29)(H,24,26,28). The lowest BCUT2D eigenvalue weighted by Crippen LogP contribution is -2.42. The largest absolute Gasteiger partial charge is 0.495 e. The summed E-state index contributed by atoms with van der Waals surface area (Å²) in [5.74, 6) is 1.24. The molecule has 1 aliphatic rings. The first kappa shape index (κ1) is 19.7. The van der Waals surface area contributed by atoms with Gasteiger partial charge in [0.25, 0.3) is 5.56 Å². The van der Waals surface area contributed by atoms with E-state index in [1.54, 1.807) is 24.1 Å². The minimum Gasteiger partial charge on any atom is -0.495 e. The van der Waals surface area contributed by atoms with Crippen LogP contribution in [-0.4, -0.2) is 34.6 Å². The summed E-state index contributed by atoms with van der Waals surface area (Å²) >= 11 is 0. The molecule has 7 heteroatoms. The summed E-state index contributed by atoms with van der Waals surface area (Å²) in [6.07, 6.45) is 1.12. The number of methoxy groups -OCH3 is 1. The van der Waals surface area contributed by atoms with Gasteiger partial charge in [-0.2, -0.15) is 0 Å². The molecule has 0 fully saturated rings. The first-order chi connectivity index (χ1) is 14.5. The Morgan fingerprint density at radius 3 is 2.77 bits per heavy atom. The molecule has 0 bridgehead atoms. The maximum atomic E-state index is 12.7. The number of aromatic amines is 1. The summed E-state index contributed by atoms with van der Waals surface area (Å²) in [7, 11) is 1.56. The first-order valence-corrected chi connectivity index (χ1v) is 9.89. The molecule has 4 rings (SSSR count). The smallest absolute Gasteiger partial charge is 0.322 e. The van der Waals surface area contributed by atoms with Crippen LogP contribution in [0.15, 0.2) is 53.3 Å². The van der Waals surface area contributed by atoms with Gasteiger partial charge in [0.2, 0.25) is 0 Å². The Hall–Kier alpha value is -3.61. The van der Waals surface area contributed by atoms with Crippen molar-refractivity contribution >= 4 is 11.7 Å². The summed E-state index contributed by atoms with van der Waals surface area (Å²) in [4.78, 5) is 34.6. The van der Waals surface area contributed by atoms with Crippen LogP contribution in [0.1, 0.15) is 28.2 Å². The van der Waals surface area contributed by atoms with E-state index < -0.39 is 0 Å². The molecule has 3 aromatic rings. The van der Waals surface area contributed by atoms with Crippen LogP contribution in [0.3, 0.4) is 0 Å². The summed E-state index contributed by atoms with van der Waals surface area (Å²) in [6.45, 7) is 2.77. The summed E-state index contributed by atoms with van der Waals surface area (Å²) in [5.41, 5.74) is 4.02. The number of hydrogen-bond donors (Lipinski definition) is 2. The number of aromatic nitrogens is 2. The van der Waals surface area contributed by atoms with Crippen molar-refractivity contribution in [2.24, 2.45) is 0 Å². The molecule has 154 valence electrons. The van der Waals surface area contributed by atoms with Gasteiger partial charge in [-0.05, 0) is 30.2 Å². The lowest BCUT2D eigenvalue weighted by Gasteiger charge is -2.28. The van der Waals surface area contributed by atoms with Gasteiger partial charge in [0.1, 0.15) is 11.6 Å². The van der Waals surface area contributed by atoms with Crippen molar-refractivity contribution in [3.8, 4) is 5.75 Å². The molecule has 1 aliphatic heterocycles. The third-order valence-corrected chi connectivity index (χ3v) is 5.37. The molecule has 2 heterocycles. The zero-order chi connectivity index (χ0) is 21.1. The van der Waals surface area contributed by atoms with Crippen LogP contribution in [0.4, 0.5) is 10.5 Å². The normalized spacial score (nSPS) is 12.9. The average molecular weight is 404 g/mol. The molecular weight excluding hydrogens is 380 g/mol. The fourth-order valence-electron chi connectivity index (χ4n) is 3.66. The van der Waals surface area contributed by atoms with Gasteiger partial charge in [0.15, 0.2) is 0 Å². The Morgan fingerprint density at radius 2 is 1.97 bits per heavy atom. The van der Waals surface area contributed by atoms with Gasteiger partial charge in [-0.25, -0.2) is 9.78 Å². The molecule has 1 aromatic heterocycles. The molecule has 2 aromatic carbocycles. The maximum Gasteiger partial charge on any atom is 0.322 e. The number of aryl methyl sites for hydroxylation is 1. The van der Waals surface area contributed by atoms with E-state index in [0.717, 1.165) is 16.8 Å². The second kappa shape index (κ2) is 8.41. The number of urea groups is 1. The fraction of sp³-hybridized carbons (Fsp3) is 0.261. The van der Waals surface area contributed by atoms with Gasteiger partial charge in [-0.15, -0.1) is 0 Å². The van der Waals surface area contributed by atoms with Crippen LogP contribution < -0.4 is 15.6 Å². The predicted octanol–water partition coefficient (Wildman–Crippen LogP) is 3.27. The molecule has 2 amide bonds. The highest BCUT2D eigenvalue weighted by molar-refractivity contribution is 5.91. The Bertz CT molecular complexity index is 1140. The summed E-state index contributed by atoms with van der Waals surface area (Å²) in [6, 6.07) is 15.0. The van der Waals surface area contributed by atoms with E-state index >= 15 is 0 Å². The van der Waals surface area contributed by atoms with Crippen LogP contribution >= 0.6 is 0 Å². The van der Waals surface area contributed by atoms with E-state index in [-0.39, 0.29) is 18.1 Å². The number of para-hydroxylation sites is 2. The monoisotopic (exact) mass is 404 g/mol. The molecular formula is C23H24N4O3. The Balaban J connectivity index is 1.51. The highest BCUT2D eigenvalue weighted by atomic mass is 16.5. The first-order valence-electron chi connectivity index (χ1n) is 9.89. The number of carbonyl (C=O) groups is 1. The number of nitrogens with zero attached hydrogens (tertiary/aromatic N) is 2. The van der Waals surface area contributed by atoms with Crippen LogP contribution in [0.5, 0.6) is 5.75 Å². The number of hydrogen-bond acceptors (Lipinski definition) is 4. The van der Waals surface area contributed by atoms with Gasteiger partial charge in [-0.3, -0.25) is 4.79 Å². The minimum absolute atomic E-state index is 0.182. The van der Waals surface area contributed by atoms with Crippen molar-refractivity contribution in [1.82, 2.24) is 14.9 Å². The van der Waals surface area contributed by atoms with Gasteiger partial charge >= 0.3 is 6.03 Å². The Labute approximate surface area is 174 Å². The minimum atomic E-state index is -0.270. The zero-order valence-electron chi connectivity index (χ0n) is 17.1. The second-order valence-electron chi connectivity index (χ2n) is 7.34. The molecule has 0 aliphatic carbocycles. The Kier molecular flexibility index (Phi) is 5.52. The SMILES string of the molecule is COc1ccccc1NC(=O)N1CCc2nc(Cc3ccccc3C)[nH]c(=O)c2C1. The number of carbonyl (C=O) groups excluding carboxylic acids is 1. The number of amides is 2. The molecule has 0 atom stereocenters. The van der Waals surface area contributed by atoms with E-state index in [9.17, 15) is 9.59 Å². The number of rotatable bonds is 4. The van der Waals surface area contributed by atoms with E-state index in [1.807, 2.05) is 43.3 Å². The van der Waals surface area contributed by atoms with Gasteiger partial charge < -0.3 is 19.9 Å². The van der Waals surface area contributed by atoms with Crippen molar-refractivity contribution in [1.29, 1.82) is 0 Å². The van der Waals surface area contributed by atoms with Gasteiger partial charge in [-0.1, -0.05) is 36.4 Å². The number of nitrogens with one attached hydrogen (secondary N) is 2. The lowest BCUT2D eigenvalue weighted by molar-refractivity contribution is 0.205. The maximum absolute atomic E-state index is 12.7. The predicted molar refractivity (Wildman–Crippen MR) is 115 cm³/mol. The highest BCUT2D eigenvalue weighted by Crippen LogP contribution is 2.24. The van der Waals surface area contributed by atoms with E-state index in [4.69, 9.17) is 4.74 Å². The number of benzene rings is 2. The average Bonchev–Trinajstić information content (AvgIpc) is 2.75. The number of ether oxygens (including phenoxy) is 1. The van der Waals surface area contributed by atoms with Crippen LogP contribution in [-0.2, 0) is 19.4 Å².